The minimum Gasteiger partial charge on any atom is -0.495 e. The number of aromatic nitrogens is 2. The van der Waals surface area contributed by atoms with Gasteiger partial charge in [-0.15, -0.1) is 11.3 Å². The number of carbonyl (C=O) groups is 1. The fraction of sp³-hybridized carbons (Fsp3) is 0.471. The zero-order valence-electron chi connectivity index (χ0n) is 14.7. The van der Waals surface area contributed by atoms with Gasteiger partial charge in [0.25, 0.3) is 5.91 Å². The number of anilines is 1. The molecule has 1 aliphatic heterocycles. The molecule has 0 aliphatic carbocycles. The van der Waals surface area contributed by atoms with Gasteiger partial charge in [0.1, 0.15) is 22.3 Å². The molecule has 0 radical (unpaired) electrons. The van der Waals surface area contributed by atoms with Crippen LogP contribution in [0.2, 0.25) is 0 Å². The number of nitrogen functional groups attached to an aromatic ring is 1. The van der Waals surface area contributed by atoms with E-state index in [1.165, 1.54) is 11.3 Å². The lowest BCUT2D eigenvalue weighted by Gasteiger charge is -2.24. The molecule has 3 heterocycles. The number of methoxy groups -OCH3 is 1. The van der Waals surface area contributed by atoms with Crippen LogP contribution in [0.25, 0.3) is 0 Å². The maximum atomic E-state index is 12.8. The van der Waals surface area contributed by atoms with Gasteiger partial charge in [0.05, 0.1) is 13.7 Å². The van der Waals surface area contributed by atoms with Crippen LogP contribution in [0.5, 0.6) is 5.75 Å². The van der Waals surface area contributed by atoms with E-state index in [1.807, 2.05) is 24.9 Å². The molecule has 1 saturated heterocycles. The molecular weight excluding hydrogens is 338 g/mol. The Kier molecular flexibility index (Phi) is 5.19. The van der Waals surface area contributed by atoms with Crippen molar-refractivity contribution in [2.24, 2.45) is 0 Å². The van der Waals surface area contributed by atoms with Crippen molar-refractivity contribution in [3.05, 3.63) is 33.9 Å². The minimum atomic E-state index is 0.0473. The van der Waals surface area contributed by atoms with E-state index in [0.29, 0.717) is 35.4 Å². The van der Waals surface area contributed by atoms with E-state index < -0.39 is 0 Å². The second-order valence-corrected chi connectivity index (χ2v) is 7.52. The third kappa shape index (κ3) is 3.91. The SMILES string of the molecule is COc1cc(C)sc1C(=O)N1CC[C@@H](N(C)Cc2nccc(N)n2)C1. The van der Waals surface area contributed by atoms with Crippen molar-refractivity contribution in [3.8, 4) is 5.75 Å². The summed E-state index contributed by atoms with van der Waals surface area (Å²) in [6, 6.07) is 3.87. The molecule has 1 atom stereocenters. The first-order chi connectivity index (χ1) is 12.0. The number of aryl methyl sites for hydroxylation is 1. The first-order valence-electron chi connectivity index (χ1n) is 8.19. The topological polar surface area (TPSA) is 84.6 Å². The maximum Gasteiger partial charge on any atom is 0.267 e. The Bertz CT molecular complexity index is 763. The van der Waals surface area contributed by atoms with Crippen molar-refractivity contribution in [1.82, 2.24) is 19.8 Å². The lowest BCUT2D eigenvalue weighted by atomic mass is 10.2. The molecule has 2 N–H and O–H groups in total. The van der Waals surface area contributed by atoms with Crippen LogP contribution in [0.1, 0.15) is 26.8 Å². The van der Waals surface area contributed by atoms with E-state index in [9.17, 15) is 4.79 Å². The largest absolute Gasteiger partial charge is 0.495 e. The number of amides is 1. The van der Waals surface area contributed by atoms with Crippen LogP contribution in [0.4, 0.5) is 5.82 Å². The second kappa shape index (κ2) is 7.37. The Balaban J connectivity index is 1.63. The third-order valence-electron chi connectivity index (χ3n) is 4.43. The Morgan fingerprint density at radius 1 is 1.56 bits per heavy atom. The number of nitrogens with zero attached hydrogens (tertiary/aromatic N) is 4. The molecule has 1 aliphatic rings. The summed E-state index contributed by atoms with van der Waals surface area (Å²) < 4.78 is 5.34. The van der Waals surface area contributed by atoms with E-state index >= 15 is 0 Å². The Morgan fingerprint density at radius 2 is 2.36 bits per heavy atom. The van der Waals surface area contributed by atoms with Gasteiger partial charge in [-0.2, -0.15) is 0 Å². The second-order valence-electron chi connectivity index (χ2n) is 6.26. The van der Waals surface area contributed by atoms with Crippen molar-refractivity contribution in [3.63, 3.8) is 0 Å². The van der Waals surface area contributed by atoms with Crippen molar-refractivity contribution in [1.29, 1.82) is 0 Å². The summed E-state index contributed by atoms with van der Waals surface area (Å²) in [6.45, 7) is 4.03. The van der Waals surface area contributed by atoms with Gasteiger partial charge < -0.3 is 15.4 Å². The summed E-state index contributed by atoms with van der Waals surface area (Å²) in [5, 5.41) is 0. The number of ether oxygens (including phenoxy) is 1. The van der Waals surface area contributed by atoms with Gasteiger partial charge in [0.2, 0.25) is 0 Å². The van der Waals surface area contributed by atoms with E-state index in [-0.39, 0.29) is 11.9 Å². The van der Waals surface area contributed by atoms with E-state index in [4.69, 9.17) is 10.5 Å². The van der Waals surface area contributed by atoms with Crippen LogP contribution in [0.3, 0.4) is 0 Å². The number of hydrogen-bond donors (Lipinski definition) is 1. The molecule has 0 bridgehead atoms. The fourth-order valence-corrected chi connectivity index (χ4v) is 4.01. The summed E-state index contributed by atoms with van der Waals surface area (Å²) >= 11 is 1.48. The lowest BCUT2D eigenvalue weighted by Crippen LogP contribution is -2.36. The quantitative estimate of drug-likeness (QED) is 0.874. The van der Waals surface area contributed by atoms with Crippen LogP contribution < -0.4 is 10.5 Å². The number of likely N-dealkylation sites (N-methyl/N-ethyl adjacent to an activating group) is 1. The maximum absolute atomic E-state index is 12.8. The van der Waals surface area contributed by atoms with Gasteiger partial charge in [-0.1, -0.05) is 0 Å². The summed E-state index contributed by atoms with van der Waals surface area (Å²) in [4.78, 5) is 27.1. The molecule has 1 fully saturated rings. The summed E-state index contributed by atoms with van der Waals surface area (Å²) in [6.07, 6.45) is 2.60. The smallest absolute Gasteiger partial charge is 0.267 e. The molecule has 134 valence electrons. The van der Waals surface area contributed by atoms with Crippen LogP contribution >= 0.6 is 11.3 Å². The van der Waals surface area contributed by atoms with E-state index in [1.54, 1.807) is 19.4 Å². The standard InChI is InChI=1S/C17H23N5O2S/c1-11-8-13(24-3)16(25-11)17(23)22-7-5-12(9-22)21(2)10-15-19-6-4-14(18)20-15/h4,6,8,12H,5,7,9-10H2,1-3H3,(H2,18,19,20)/t12-/m1/s1. The van der Waals surface area contributed by atoms with E-state index in [2.05, 4.69) is 14.9 Å². The molecule has 0 spiro atoms. The minimum absolute atomic E-state index is 0.0473. The van der Waals surface area contributed by atoms with Crippen LogP contribution in [0, 0.1) is 6.92 Å². The van der Waals surface area contributed by atoms with Gasteiger partial charge in [0, 0.05) is 30.2 Å². The Hall–Kier alpha value is -2.19. The normalized spacial score (nSPS) is 17.3. The fourth-order valence-electron chi connectivity index (χ4n) is 3.06. The zero-order valence-corrected chi connectivity index (χ0v) is 15.5. The highest BCUT2D eigenvalue weighted by molar-refractivity contribution is 7.14. The van der Waals surface area contributed by atoms with Gasteiger partial charge in [0.15, 0.2) is 0 Å². The van der Waals surface area contributed by atoms with Gasteiger partial charge in [-0.3, -0.25) is 9.69 Å². The van der Waals surface area contributed by atoms with Crippen molar-refractivity contribution >= 4 is 23.1 Å². The third-order valence-corrected chi connectivity index (χ3v) is 5.45. The first-order valence-corrected chi connectivity index (χ1v) is 9.01. The van der Waals surface area contributed by atoms with Crippen molar-refractivity contribution in [2.75, 3.05) is 33.0 Å². The monoisotopic (exact) mass is 361 g/mol. The molecule has 8 heteroatoms. The average Bonchev–Trinajstić information content (AvgIpc) is 3.20. The predicted molar refractivity (Wildman–Crippen MR) is 97.8 cm³/mol. The van der Waals surface area contributed by atoms with Crippen LogP contribution in [0.15, 0.2) is 18.3 Å². The number of thiophene rings is 1. The number of hydrogen-bond acceptors (Lipinski definition) is 7. The first kappa shape index (κ1) is 17.6. The average molecular weight is 361 g/mol. The summed E-state index contributed by atoms with van der Waals surface area (Å²) in [7, 11) is 3.63. The van der Waals surface area contributed by atoms with E-state index in [0.717, 1.165) is 17.8 Å². The molecule has 0 saturated carbocycles. The lowest BCUT2D eigenvalue weighted by molar-refractivity contribution is 0.0781. The van der Waals surface area contributed by atoms with Gasteiger partial charge in [-0.05, 0) is 32.5 Å². The number of likely N-dealkylation sites (tertiary alicyclic amines) is 1. The molecule has 3 rings (SSSR count). The summed E-state index contributed by atoms with van der Waals surface area (Å²) in [5.41, 5.74) is 5.71. The van der Waals surface area contributed by atoms with Crippen LogP contribution in [-0.2, 0) is 6.54 Å². The molecular formula is C17H23N5O2S. The number of carbonyl (C=O) groups excluding carboxylic acids is 1. The molecule has 0 unspecified atom stereocenters. The van der Waals surface area contributed by atoms with Gasteiger partial charge >= 0.3 is 0 Å². The Morgan fingerprint density at radius 3 is 3.08 bits per heavy atom. The zero-order chi connectivity index (χ0) is 18.0. The Labute approximate surface area is 151 Å². The molecule has 25 heavy (non-hydrogen) atoms. The number of rotatable bonds is 5. The highest BCUT2D eigenvalue weighted by Crippen LogP contribution is 2.31. The number of nitrogens with two attached hydrogens (primary N) is 1. The molecule has 7 nitrogen and oxygen atoms in total. The molecule has 1 amide bonds. The van der Waals surface area contributed by atoms with Crippen molar-refractivity contribution < 1.29 is 9.53 Å². The molecule has 0 aromatic carbocycles. The van der Waals surface area contributed by atoms with Crippen LogP contribution in [-0.4, -0.2) is 59.0 Å². The predicted octanol–water partition coefficient (Wildman–Crippen LogP) is 1.78. The van der Waals surface area contributed by atoms with Gasteiger partial charge in [-0.25, -0.2) is 9.97 Å². The molecule has 2 aromatic heterocycles. The summed E-state index contributed by atoms with van der Waals surface area (Å²) in [5.74, 6) is 1.88. The van der Waals surface area contributed by atoms with Crippen molar-refractivity contribution in [2.45, 2.75) is 25.9 Å². The highest BCUT2D eigenvalue weighted by atomic mass is 32.1. The highest BCUT2D eigenvalue weighted by Gasteiger charge is 2.31. The molecule has 2 aromatic rings.